The first kappa shape index (κ1) is 24.1. The average molecular weight is 508 g/mol. The highest BCUT2D eigenvalue weighted by Crippen LogP contribution is 2.48. The minimum absolute atomic E-state index is 0.000869. The van der Waals surface area contributed by atoms with Crippen LogP contribution in [-0.4, -0.2) is 56.4 Å². The molecule has 4 aliphatic rings. The fraction of sp³-hybridized carbons (Fsp3) is 0.481. The maximum Gasteiger partial charge on any atom is 0.263 e. The topological polar surface area (TPSA) is 118 Å². The van der Waals surface area contributed by atoms with Gasteiger partial charge in [0.25, 0.3) is 5.91 Å². The molecule has 0 radical (unpaired) electrons. The van der Waals surface area contributed by atoms with Gasteiger partial charge >= 0.3 is 0 Å². The first-order valence-electron chi connectivity index (χ1n) is 12.7. The number of halogens is 1. The largest absolute Gasteiger partial charge is 0.480 e. The summed E-state index contributed by atoms with van der Waals surface area (Å²) in [6, 6.07) is 7.37. The van der Waals surface area contributed by atoms with Gasteiger partial charge in [0.2, 0.25) is 0 Å². The van der Waals surface area contributed by atoms with Crippen LogP contribution in [0, 0.1) is 12.7 Å². The van der Waals surface area contributed by atoms with Crippen molar-refractivity contribution in [2.24, 2.45) is 0 Å². The molecule has 2 bridgehead atoms. The first-order valence-corrected chi connectivity index (χ1v) is 12.7. The molecule has 2 unspecified atom stereocenters. The number of carbonyl (C=O) groups is 1. The highest BCUT2D eigenvalue weighted by molar-refractivity contribution is 5.94. The molecular formula is C27H30FN5O4. The van der Waals surface area contributed by atoms with E-state index >= 15 is 4.39 Å². The van der Waals surface area contributed by atoms with Crippen LogP contribution in [0.25, 0.3) is 11.0 Å². The zero-order chi connectivity index (χ0) is 25.8. The van der Waals surface area contributed by atoms with Crippen LogP contribution in [0.3, 0.4) is 0 Å². The van der Waals surface area contributed by atoms with E-state index in [1.54, 1.807) is 0 Å². The van der Waals surface area contributed by atoms with Crippen molar-refractivity contribution in [3.05, 3.63) is 53.2 Å². The van der Waals surface area contributed by atoms with Gasteiger partial charge in [0, 0.05) is 29.3 Å². The van der Waals surface area contributed by atoms with Gasteiger partial charge in [-0.3, -0.25) is 14.8 Å². The fourth-order valence-corrected chi connectivity index (χ4v) is 5.92. The Bertz CT molecular complexity index is 1350. The van der Waals surface area contributed by atoms with Crippen LogP contribution in [0.2, 0.25) is 0 Å². The van der Waals surface area contributed by atoms with E-state index in [2.05, 4.69) is 25.6 Å². The Morgan fingerprint density at radius 3 is 2.76 bits per heavy atom. The number of carbonyl (C=O) groups excluding carboxylic acids is 1. The van der Waals surface area contributed by atoms with Crippen molar-refractivity contribution in [3.63, 3.8) is 0 Å². The number of amides is 1. The summed E-state index contributed by atoms with van der Waals surface area (Å²) in [6.45, 7) is 4.65. The lowest BCUT2D eigenvalue weighted by atomic mass is 9.66. The zero-order valence-electron chi connectivity index (χ0n) is 20.9. The molecule has 3 aliphatic heterocycles. The summed E-state index contributed by atoms with van der Waals surface area (Å²) < 4.78 is 26.8. The van der Waals surface area contributed by atoms with E-state index in [1.165, 1.54) is 6.20 Å². The number of aliphatic hydroxyl groups is 1. The number of pyridine rings is 3. The lowest BCUT2D eigenvalue weighted by Gasteiger charge is -2.56. The van der Waals surface area contributed by atoms with Crippen LogP contribution >= 0.6 is 0 Å². The van der Waals surface area contributed by atoms with Gasteiger partial charge in [0.05, 0.1) is 41.2 Å². The molecule has 1 saturated carbocycles. The van der Waals surface area contributed by atoms with Gasteiger partial charge < -0.3 is 25.2 Å². The molecular weight excluding hydrogens is 477 g/mol. The predicted octanol–water partition coefficient (Wildman–Crippen LogP) is 3.14. The third kappa shape index (κ3) is 4.22. The number of ether oxygens (including phenoxy) is 2. The molecule has 9 nitrogen and oxygen atoms in total. The van der Waals surface area contributed by atoms with Gasteiger partial charge in [0.15, 0.2) is 18.2 Å². The molecule has 1 aliphatic carbocycles. The number of anilines is 1. The van der Waals surface area contributed by atoms with Crippen LogP contribution in [0.4, 0.5) is 10.2 Å². The molecule has 0 spiro atoms. The quantitative estimate of drug-likeness (QED) is 0.466. The average Bonchev–Trinajstić information content (AvgIpc) is 2.92. The molecule has 3 N–H and O–H groups in total. The molecule has 10 heteroatoms. The van der Waals surface area contributed by atoms with Crippen molar-refractivity contribution in [2.45, 2.75) is 69.2 Å². The second-order valence-corrected chi connectivity index (χ2v) is 10.5. The Kier molecular flexibility index (Phi) is 5.85. The van der Waals surface area contributed by atoms with Crippen molar-refractivity contribution in [1.29, 1.82) is 0 Å². The highest BCUT2D eigenvalue weighted by Gasteiger charge is 2.54. The van der Waals surface area contributed by atoms with Gasteiger partial charge in [-0.1, -0.05) is 6.92 Å². The minimum atomic E-state index is -0.890. The molecule has 3 aromatic heterocycles. The third-order valence-corrected chi connectivity index (χ3v) is 8.18. The molecule has 0 aromatic carbocycles. The number of nitrogens with one attached hydrogen (secondary N) is 2. The molecule has 2 saturated heterocycles. The SMILES string of the molecule is Cc1ccc2ncc(F)c(C(C)C(O)C34CCC(NCc5ccc6c(n5)NC(=O)CO6)(CC3)CO4)c2n1. The molecule has 194 valence electrons. The van der Waals surface area contributed by atoms with Crippen LogP contribution < -0.4 is 15.4 Å². The number of aromatic nitrogens is 3. The molecule has 6 heterocycles. The molecule has 2 atom stereocenters. The van der Waals surface area contributed by atoms with E-state index in [0.29, 0.717) is 54.2 Å². The van der Waals surface area contributed by atoms with Crippen LogP contribution in [0.15, 0.2) is 30.5 Å². The Hall–Kier alpha value is -3.21. The van der Waals surface area contributed by atoms with Gasteiger partial charge in [-0.2, -0.15) is 0 Å². The third-order valence-electron chi connectivity index (χ3n) is 8.18. The summed E-state index contributed by atoms with van der Waals surface area (Å²) in [5.74, 6) is -0.192. The van der Waals surface area contributed by atoms with Crippen LogP contribution in [-0.2, 0) is 16.1 Å². The number of fused-ring (bicyclic) bond motifs is 5. The summed E-state index contributed by atoms with van der Waals surface area (Å²) in [6.07, 6.45) is 3.27. The van der Waals surface area contributed by atoms with Crippen molar-refractivity contribution in [1.82, 2.24) is 20.3 Å². The first-order chi connectivity index (χ1) is 17.8. The summed E-state index contributed by atoms with van der Waals surface area (Å²) in [7, 11) is 0. The molecule has 1 amide bonds. The van der Waals surface area contributed by atoms with Crippen LogP contribution in [0.5, 0.6) is 5.75 Å². The molecule has 3 aromatic rings. The maximum absolute atomic E-state index is 15.0. The summed E-state index contributed by atoms with van der Waals surface area (Å²) in [5, 5.41) is 17.9. The standard InChI is InChI=1S/C27H30FN5O4/c1-15-3-5-19-23(31-15)22(18(28)12-29-19)16(2)24(35)27-9-7-26(8-10-27,14-37-27)30-11-17-4-6-20-25(32-17)33-21(34)13-36-20/h3-6,12,16,24,30,35H,7-11,13-14H2,1-2H3,(H,32,33,34). The van der Waals surface area contributed by atoms with Crippen molar-refractivity contribution < 1.29 is 23.8 Å². The number of aliphatic hydroxyl groups excluding tert-OH is 1. The fourth-order valence-electron chi connectivity index (χ4n) is 5.92. The Morgan fingerprint density at radius 1 is 1.19 bits per heavy atom. The smallest absolute Gasteiger partial charge is 0.263 e. The lowest BCUT2D eigenvalue weighted by molar-refractivity contribution is -0.212. The highest BCUT2D eigenvalue weighted by atomic mass is 19.1. The van der Waals surface area contributed by atoms with E-state index in [0.717, 1.165) is 24.2 Å². The second-order valence-electron chi connectivity index (χ2n) is 10.5. The normalized spacial score (nSPS) is 26.3. The number of aryl methyl sites for hydroxylation is 1. The number of rotatable bonds is 6. The Morgan fingerprint density at radius 2 is 2.00 bits per heavy atom. The minimum Gasteiger partial charge on any atom is -0.480 e. The lowest BCUT2D eigenvalue weighted by Crippen LogP contribution is -2.65. The van der Waals surface area contributed by atoms with Gasteiger partial charge in [-0.05, 0) is 56.9 Å². The predicted molar refractivity (Wildman–Crippen MR) is 134 cm³/mol. The summed E-state index contributed by atoms with van der Waals surface area (Å²) >= 11 is 0. The number of nitrogens with zero attached hydrogens (tertiary/aromatic N) is 3. The Labute approximate surface area is 213 Å². The molecule has 7 rings (SSSR count). The number of hydrogen-bond donors (Lipinski definition) is 3. The van der Waals surface area contributed by atoms with E-state index in [4.69, 9.17) is 9.47 Å². The van der Waals surface area contributed by atoms with E-state index < -0.39 is 23.4 Å². The van der Waals surface area contributed by atoms with Gasteiger partial charge in [-0.15, -0.1) is 0 Å². The van der Waals surface area contributed by atoms with Crippen molar-refractivity contribution >= 4 is 22.8 Å². The zero-order valence-corrected chi connectivity index (χ0v) is 20.9. The second kappa shape index (κ2) is 8.97. The number of hydrogen-bond acceptors (Lipinski definition) is 8. The van der Waals surface area contributed by atoms with Crippen molar-refractivity contribution in [3.8, 4) is 5.75 Å². The van der Waals surface area contributed by atoms with E-state index in [-0.39, 0.29) is 18.1 Å². The molecule has 37 heavy (non-hydrogen) atoms. The van der Waals surface area contributed by atoms with Gasteiger partial charge in [0.1, 0.15) is 5.82 Å². The monoisotopic (exact) mass is 507 g/mol. The Balaban J connectivity index is 1.16. The van der Waals surface area contributed by atoms with Crippen LogP contribution in [0.1, 0.15) is 55.5 Å². The summed E-state index contributed by atoms with van der Waals surface area (Å²) in [4.78, 5) is 24.8. The van der Waals surface area contributed by atoms with E-state index in [9.17, 15) is 9.90 Å². The van der Waals surface area contributed by atoms with E-state index in [1.807, 2.05) is 38.1 Å². The van der Waals surface area contributed by atoms with Gasteiger partial charge in [-0.25, -0.2) is 9.37 Å². The summed E-state index contributed by atoms with van der Waals surface area (Å²) in [5.41, 5.74) is 2.08. The van der Waals surface area contributed by atoms with Crippen molar-refractivity contribution in [2.75, 3.05) is 18.5 Å². The molecule has 3 fully saturated rings. The maximum atomic E-state index is 15.0.